The number of para-hydroxylation sites is 1. The molecule has 0 bridgehead atoms. The molecule has 0 aliphatic carbocycles. The molecule has 0 radical (unpaired) electrons. The molecule has 0 saturated heterocycles. The number of carbonyl (C=O) groups is 1. The van der Waals surface area contributed by atoms with Gasteiger partial charge in [-0.1, -0.05) is 35.9 Å². The zero-order valence-corrected chi connectivity index (χ0v) is 9.59. The van der Waals surface area contributed by atoms with Crippen molar-refractivity contribution in [1.82, 2.24) is 0 Å². The molecule has 2 aromatic carbocycles. The van der Waals surface area contributed by atoms with Gasteiger partial charge in [-0.3, -0.25) is 4.90 Å². The van der Waals surface area contributed by atoms with Gasteiger partial charge in [0, 0.05) is 16.4 Å². The summed E-state index contributed by atoms with van der Waals surface area (Å²) in [6, 6.07) is 15.3. The third-order valence-electron chi connectivity index (χ3n) is 2.26. The summed E-state index contributed by atoms with van der Waals surface area (Å²) in [5.74, 6) is 0. The number of benzene rings is 2. The van der Waals surface area contributed by atoms with Gasteiger partial charge in [-0.15, -0.1) is 0 Å². The minimum absolute atomic E-state index is 0.462. The van der Waals surface area contributed by atoms with E-state index in [0.29, 0.717) is 16.4 Å². The highest BCUT2D eigenvalue weighted by molar-refractivity contribution is 6.31. The lowest BCUT2D eigenvalue weighted by atomic mass is 10.2. The largest absolute Gasteiger partial charge is 0.529 e. The van der Waals surface area contributed by atoms with Crippen LogP contribution in [0.2, 0.25) is 5.02 Å². The van der Waals surface area contributed by atoms with Gasteiger partial charge in [0.05, 0.1) is 0 Å². The molecule has 0 atom stereocenters. The molecule has 0 saturated carbocycles. The molecule has 0 aliphatic heterocycles. The zero-order valence-electron chi connectivity index (χ0n) is 8.84. The first-order valence-electron chi connectivity index (χ1n) is 5.00. The van der Waals surface area contributed by atoms with E-state index in [1.54, 1.807) is 48.5 Å². The predicted octanol–water partition coefficient (Wildman–Crippen LogP) is 2.82. The number of halogens is 1. The van der Waals surface area contributed by atoms with Gasteiger partial charge in [-0.25, -0.2) is 0 Å². The second-order valence-corrected chi connectivity index (χ2v) is 3.85. The highest BCUT2D eigenvalue weighted by Gasteiger charge is 2.09. The molecule has 1 amide bonds. The van der Waals surface area contributed by atoms with E-state index in [-0.39, 0.29) is 0 Å². The standard InChI is InChI=1S/C13H10ClNO2/c14-10-5-4-8-12(9-10)15(13(16)17)11-6-2-1-3-7-11/h1-9H,(H,16,17)/p-1. The maximum Gasteiger partial charge on any atom is 0.146 e. The summed E-state index contributed by atoms with van der Waals surface area (Å²) in [5.41, 5.74) is 0.985. The fraction of sp³-hybridized carbons (Fsp3) is 0. The SMILES string of the molecule is O=C([O-])N(c1ccccc1)c1cccc(Cl)c1. The van der Waals surface area contributed by atoms with Crippen molar-refractivity contribution in [1.29, 1.82) is 0 Å². The summed E-state index contributed by atoms with van der Waals surface area (Å²) in [7, 11) is 0. The topological polar surface area (TPSA) is 43.4 Å². The summed E-state index contributed by atoms with van der Waals surface area (Å²) in [5, 5.41) is 11.7. The maximum absolute atomic E-state index is 11.2. The van der Waals surface area contributed by atoms with Gasteiger partial charge in [0.15, 0.2) is 0 Å². The van der Waals surface area contributed by atoms with Crippen molar-refractivity contribution in [2.45, 2.75) is 0 Å². The van der Waals surface area contributed by atoms with Crippen LogP contribution in [0.3, 0.4) is 0 Å². The second-order valence-electron chi connectivity index (χ2n) is 3.42. The first kappa shape index (κ1) is 11.5. The quantitative estimate of drug-likeness (QED) is 0.818. The van der Waals surface area contributed by atoms with Crippen LogP contribution in [-0.4, -0.2) is 6.09 Å². The number of amides is 1. The molecule has 86 valence electrons. The van der Waals surface area contributed by atoms with E-state index in [1.165, 1.54) is 0 Å². The number of rotatable bonds is 2. The molecule has 2 aromatic rings. The van der Waals surface area contributed by atoms with Crippen LogP contribution in [0, 0.1) is 0 Å². The summed E-state index contributed by atoms with van der Waals surface area (Å²) < 4.78 is 0. The Hall–Kier alpha value is -2.00. The van der Waals surface area contributed by atoms with E-state index in [2.05, 4.69) is 0 Å². The van der Waals surface area contributed by atoms with Gasteiger partial charge >= 0.3 is 0 Å². The lowest BCUT2D eigenvalue weighted by Gasteiger charge is -2.25. The van der Waals surface area contributed by atoms with Gasteiger partial charge in [0.1, 0.15) is 6.09 Å². The average molecular weight is 247 g/mol. The number of carboxylic acid groups (broad SMARTS) is 1. The fourth-order valence-electron chi connectivity index (χ4n) is 1.55. The predicted molar refractivity (Wildman–Crippen MR) is 65.4 cm³/mol. The van der Waals surface area contributed by atoms with Crippen LogP contribution < -0.4 is 10.0 Å². The Morgan fingerprint density at radius 3 is 2.24 bits per heavy atom. The van der Waals surface area contributed by atoms with Crippen molar-refractivity contribution in [2.24, 2.45) is 0 Å². The van der Waals surface area contributed by atoms with Gasteiger partial charge in [0.25, 0.3) is 0 Å². The normalized spacial score (nSPS) is 9.94. The third kappa shape index (κ3) is 2.57. The summed E-state index contributed by atoms with van der Waals surface area (Å²) in [4.78, 5) is 12.3. The minimum atomic E-state index is -1.29. The molecule has 0 fully saturated rings. The molecule has 0 unspecified atom stereocenters. The molecule has 0 heterocycles. The Labute approximate surface area is 104 Å². The number of hydrogen-bond donors (Lipinski definition) is 0. The van der Waals surface area contributed by atoms with Gasteiger partial charge in [0.2, 0.25) is 0 Å². The lowest BCUT2D eigenvalue weighted by molar-refractivity contribution is -0.245. The van der Waals surface area contributed by atoms with Crippen molar-refractivity contribution in [3.8, 4) is 0 Å². The van der Waals surface area contributed by atoms with Crippen LogP contribution in [0.5, 0.6) is 0 Å². The van der Waals surface area contributed by atoms with E-state index in [0.717, 1.165) is 4.90 Å². The zero-order chi connectivity index (χ0) is 12.3. The molecule has 0 N–H and O–H groups in total. The second kappa shape index (κ2) is 4.89. The number of carbonyl (C=O) groups excluding carboxylic acids is 1. The first-order valence-corrected chi connectivity index (χ1v) is 5.38. The average Bonchev–Trinajstić information content (AvgIpc) is 2.30. The number of anilines is 2. The van der Waals surface area contributed by atoms with E-state index in [4.69, 9.17) is 11.6 Å². The first-order chi connectivity index (χ1) is 8.18. The van der Waals surface area contributed by atoms with Crippen molar-refractivity contribution < 1.29 is 9.90 Å². The molecule has 0 spiro atoms. The van der Waals surface area contributed by atoms with Crippen molar-refractivity contribution in [3.63, 3.8) is 0 Å². The Kier molecular flexibility index (Phi) is 3.30. The lowest BCUT2D eigenvalue weighted by Crippen LogP contribution is -2.37. The molecule has 3 nitrogen and oxygen atoms in total. The highest BCUT2D eigenvalue weighted by atomic mass is 35.5. The third-order valence-corrected chi connectivity index (χ3v) is 2.50. The molecular weight excluding hydrogens is 238 g/mol. The minimum Gasteiger partial charge on any atom is -0.529 e. The monoisotopic (exact) mass is 246 g/mol. The van der Waals surface area contributed by atoms with Crippen LogP contribution in [0.4, 0.5) is 16.2 Å². The van der Waals surface area contributed by atoms with Gasteiger partial charge in [-0.2, -0.15) is 0 Å². The van der Waals surface area contributed by atoms with Crippen LogP contribution in [-0.2, 0) is 0 Å². The molecular formula is C13H9ClNO2-. The van der Waals surface area contributed by atoms with E-state index in [9.17, 15) is 9.90 Å². The van der Waals surface area contributed by atoms with Crippen LogP contribution in [0.25, 0.3) is 0 Å². The van der Waals surface area contributed by atoms with Crippen molar-refractivity contribution >= 4 is 29.1 Å². The number of nitrogens with zero attached hydrogens (tertiary/aromatic N) is 1. The fourth-order valence-corrected chi connectivity index (χ4v) is 1.74. The molecule has 4 heteroatoms. The summed E-state index contributed by atoms with van der Waals surface area (Å²) in [6.45, 7) is 0. The van der Waals surface area contributed by atoms with Crippen molar-refractivity contribution in [2.75, 3.05) is 4.90 Å². The Balaban J connectivity index is 2.47. The van der Waals surface area contributed by atoms with Crippen LogP contribution in [0.15, 0.2) is 54.6 Å². The van der Waals surface area contributed by atoms with E-state index >= 15 is 0 Å². The van der Waals surface area contributed by atoms with Gasteiger partial charge in [-0.05, 0) is 30.3 Å². The summed E-state index contributed by atoms with van der Waals surface area (Å²) in [6.07, 6.45) is -1.29. The maximum atomic E-state index is 11.2. The number of hydrogen-bond acceptors (Lipinski definition) is 2. The van der Waals surface area contributed by atoms with Gasteiger partial charge < -0.3 is 9.90 Å². The molecule has 0 aromatic heterocycles. The highest BCUT2D eigenvalue weighted by Crippen LogP contribution is 2.26. The molecule has 0 aliphatic rings. The summed E-state index contributed by atoms with van der Waals surface area (Å²) >= 11 is 5.84. The molecule has 2 rings (SSSR count). The van der Waals surface area contributed by atoms with Crippen molar-refractivity contribution in [3.05, 3.63) is 59.6 Å². The Morgan fingerprint density at radius 1 is 1.00 bits per heavy atom. The Morgan fingerprint density at radius 2 is 1.65 bits per heavy atom. The smallest absolute Gasteiger partial charge is 0.146 e. The van der Waals surface area contributed by atoms with E-state index in [1.807, 2.05) is 6.07 Å². The van der Waals surface area contributed by atoms with Crippen LogP contribution in [0.1, 0.15) is 0 Å². The van der Waals surface area contributed by atoms with Crippen LogP contribution >= 0.6 is 11.6 Å². The Bertz CT molecular complexity index is 528. The molecule has 17 heavy (non-hydrogen) atoms. The van der Waals surface area contributed by atoms with E-state index < -0.39 is 6.09 Å².